The number of hydrogen-bond donors (Lipinski definition) is 1. The molecule has 0 spiro atoms. The Kier molecular flexibility index (Phi) is 7.14. The Balaban J connectivity index is 1.56. The first kappa shape index (κ1) is 22.3. The molecule has 1 aliphatic rings. The highest BCUT2D eigenvalue weighted by atomic mass is 79.9. The Morgan fingerprint density at radius 2 is 1.73 bits per heavy atom. The first-order valence-corrected chi connectivity index (χ1v) is 12.2. The van der Waals surface area contributed by atoms with Crippen molar-refractivity contribution in [2.24, 2.45) is 0 Å². The maximum absolute atomic E-state index is 12.4. The van der Waals surface area contributed by atoms with Crippen molar-refractivity contribution in [2.75, 3.05) is 23.7 Å². The van der Waals surface area contributed by atoms with Crippen LogP contribution in [0, 0.1) is 0 Å². The van der Waals surface area contributed by atoms with Crippen LogP contribution in [0.5, 0.6) is 0 Å². The van der Waals surface area contributed by atoms with Crippen LogP contribution in [0.2, 0.25) is 0 Å². The molecule has 9 heteroatoms. The summed E-state index contributed by atoms with van der Waals surface area (Å²) in [6, 6.07) is 14.4. The van der Waals surface area contributed by atoms with Crippen molar-refractivity contribution in [3.05, 3.63) is 64.1 Å². The number of carbonyl (C=O) groups is 2. The van der Waals surface area contributed by atoms with Gasteiger partial charge in [-0.05, 0) is 41.8 Å². The second-order valence-corrected chi connectivity index (χ2v) is 10.1. The standard InChI is InChI=1S/C21H24BrN3O4S/c1-30(28,29)25(19-10-8-18(22)9-11-19)15-20(26)23-13-16-4-6-17(7-5-16)14-24-12-2-3-21(24)27/h4-11H,2-3,12-15H2,1H3,(H,23,26). The van der Waals surface area contributed by atoms with Gasteiger partial charge in [0.1, 0.15) is 6.54 Å². The van der Waals surface area contributed by atoms with Crippen LogP contribution in [0.15, 0.2) is 53.0 Å². The summed E-state index contributed by atoms with van der Waals surface area (Å²) < 4.78 is 26.2. The molecule has 0 unspecified atom stereocenters. The number of benzene rings is 2. The number of nitrogens with one attached hydrogen (secondary N) is 1. The Labute approximate surface area is 185 Å². The number of nitrogens with zero attached hydrogens (tertiary/aromatic N) is 2. The van der Waals surface area contributed by atoms with Crippen LogP contribution in [-0.4, -0.2) is 44.5 Å². The summed E-state index contributed by atoms with van der Waals surface area (Å²) in [7, 11) is -3.61. The molecule has 0 atom stereocenters. The lowest BCUT2D eigenvalue weighted by Gasteiger charge is -2.22. The molecule has 30 heavy (non-hydrogen) atoms. The summed E-state index contributed by atoms with van der Waals surface area (Å²) in [6.07, 6.45) is 2.61. The minimum absolute atomic E-state index is 0.188. The van der Waals surface area contributed by atoms with Crippen LogP contribution in [-0.2, 0) is 32.7 Å². The van der Waals surface area contributed by atoms with Gasteiger partial charge in [-0.1, -0.05) is 40.2 Å². The second-order valence-electron chi connectivity index (χ2n) is 7.26. The van der Waals surface area contributed by atoms with Crippen molar-refractivity contribution >= 4 is 43.5 Å². The highest BCUT2D eigenvalue weighted by molar-refractivity contribution is 9.10. The fourth-order valence-electron chi connectivity index (χ4n) is 3.25. The van der Waals surface area contributed by atoms with E-state index in [2.05, 4.69) is 21.2 Å². The molecule has 1 fully saturated rings. The quantitative estimate of drug-likeness (QED) is 0.612. The molecule has 1 aliphatic heterocycles. The van der Waals surface area contributed by atoms with Gasteiger partial charge in [0, 0.05) is 30.5 Å². The third kappa shape index (κ3) is 6.06. The van der Waals surface area contributed by atoms with Gasteiger partial charge in [0.05, 0.1) is 11.9 Å². The maximum Gasteiger partial charge on any atom is 0.241 e. The van der Waals surface area contributed by atoms with Gasteiger partial charge in [-0.2, -0.15) is 0 Å². The summed E-state index contributed by atoms with van der Waals surface area (Å²) in [5.74, 6) is -0.206. The highest BCUT2D eigenvalue weighted by Crippen LogP contribution is 2.20. The predicted molar refractivity (Wildman–Crippen MR) is 119 cm³/mol. The average molecular weight is 494 g/mol. The molecule has 1 heterocycles. The van der Waals surface area contributed by atoms with Crippen molar-refractivity contribution in [3.8, 4) is 0 Å². The maximum atomic E-state index is 12.4. The molecule has 0 aliphatic carbocycles. The van der Waals surface area contributed by atoms with E-state index < -0.39 is 15.9 Å². The van der Waals surface area contributed by atoms with Gasteiger partial charge in [-0.3, -0.25) is 13.9 Å². The Morgan fingerprint density at radius 1 is 1.10 bits per heavy atom. The number of anilines is 1. The van der Waals surface area contributed by atoms with Crippen LogP contribution in [0.4, 0.5) is 5.69 Å². The van der Waals surface area contributed by atoms with E-state index in [-0.39, 0.29) is 12.5 Å². The molecule has 2 aromatic carbocycles. The molecule has 2 amide bonds. The van der Waals surface area contributed by atoms with Gasteiger partial charge in [0.25, 0.3) is 0 Å². The minimum atomic E-state index is -3.61. The van der Waals surface area contributed by atoms with Gasteiger partial charge >= 0.3 is 0 Å². The number of hydrogen-bond acceptors (Lipinski definition) is 4. The van der Waals surface area contributed by atoms with Crippen LogP contribution < -0.4 is 9.62 Å². The van der Waals surface area contributed by atoms with E-state index in [4.69, 9.17) is 0 Å². The molecule has 1 N–H and O–H groups in total. The number of sulfonamides is 1. The van der Waals surface area contributed by atoms with Crippen molar-refractivity contribution < 1.29 is 18.0 Å². The summed E-state index contributed by atoms with van der Waals surface area (Å²) >= 11 is 3.31. The molecule has 0 radical (unpaired) electrons. The minimum Gasteiger partial charge on any atom is -0.350 e. The number of likely N-dealkylation sites (tertiary alicyclic amines) is 1. The van der Waals surface area contributed by atoms with Crippen molar-refractivity contribution in [1.29, 1.82) is 0 Å². The number of carbonyl (C=O) groups excluding carboxylic acids is 2. The topological polar surface area (TPSA) is 86.8 Å². The van der Waals surface area contributed by atoms with Gasteiger partial charge in [0.15, 0.2) is 0 Å². The molecule has 7 nitrogen and oxygen atoms in total. The van der Waals surface area contributed by atoms with Crippen molar-refractivity contribution in [3.63, 3.8) is 0 Å². The number of amides is 2. The molecular formula is C21H24BrN3O4S. The van der Waals surface area contributed by atoms with E-state index in [1.54, 1.807) is 24.3 Å². The monoisotopic (exact) mass is 493 g/mol. The lowest BCUT2D eigenvalue weighted by molar-refractivity contribution is -0.128. The second kappa shape index (κ2) is 9.61. The molecule has 2 aromatic rings. The molecule has 0 aromatic heterocycles. The van der Waals surface area contributed by atoms with E-state index in [1.165, 1.54) is 0 Å². The molecule has 160 valence electrons. The van der Waals surface area contributed by atoms with E-state index in [0.29, 0.717) is 25.2 Å². The summed E-state index contributed by atoms with van der Waals surface area (Å²) in [5, 5.41) is 2.76. The third-order valence-electron chi connectivity index (χ3n) is 4.86. The average Bonchev–Trinajstić information content (AvgIpc) is 3.10. The van der Waals surface area contributed by atoms with Gasteiger partial charge in [-0.25, -0.2) is 8.42 Å². The van der Waals surface area contributed by atoms with Crippen molar-refractivity contribution in [2.45, 2.75) is 25.9 Å². The zero-order valence-corrected chi connectivity index (χ0v) is 19.1. The highest BCUT2D eigenvalue weighted by Gasteiger charge is 2.21. The SMILES string of the molecule is CS(=O)(=O)N(CC(=O)NCc1ccc(CN2CCCC2=O)cc1)c1ccc(Br)cc1. The Bertz CT molecular complexity index is 1010. The normalized spacial score (nSPS) is 14.1. The molecule has 0 saturated carbocycles. The number of halogens is 1. The first-order chi connectivity index (χ1) is 14.2. The lowest BCUT2D eigenvalue weighted by atomic mass is 10.1. The van der Waals surface area contributed by atoms with E-state index in [9.17, 15) is 18.0 Å². The lowest BCUT2D eigenvalue weighted by Crippen LogP contribution is -2.40. The molecule has 0 bridgehead atoms. The van der Waals surface area contributed by atoms with Crippen molar-refractivity contribution in [1.82, 2.24) is 10.2 Å². The van der Waals surface area contributed by atoms with Crippen LogP contribution >= 0.6 is 15.9 Å². The van der Waals surface area contributed by atoms with Crippen LogP contribution in [0.25, 0.3) is 0 Å². The smallest absolute Gasteiger partial charge is 0.241 e. The summed E-state index contributed by atoms with van der Waals surface area (Å²) in [5.41, 5.74) is 2.37. The van der Waals surface area contributed by atoms with E-state index in [0.717, 1.165) is 39.1 Å². The van der Waals surface area contributed by atoms with Gasteiger partial charge < -0.3 is 10.2 Å². The molecule has 1 saturated heterocycles. The summed E-state index contributed by atoms with van der Waals surface area (Å²) in [4.78, 5) is 26.0. The first-order valence-electron chi connectivity index (χ1n) is 9.58. The summed E-state index contributed by atoms with van der Waals surface area (Å²) in [6.45, 7) is 1.39. The van der Waals surface area contributed by atoms with Crippen LogP contribution in [0.1, 0.15) is 24.0 Å². The zero-order valence-electron chi connectivity index (χ0n) is 16.7. The zero-order chi connectivity index (χ0) is 21.7. The van der Waals surface area contributed by atoms with Gasteiger partial charge in [-0.15, -0.1) is 0 Å². The van der Waals surface area contributed by atoms with E-state index >= 15 is 0 Å². The Morgan fingerprint density at radius 3 is 2.30 bits per heavy atom. The van der Waals surface area contributed by atoms with E-state index in [1.807, 2.05) is 29.2 Å². The molecular weight excluding hydrogens is 470 g/mol. The predicted octanol–water partition coefficient (Wildman–Crippen LogP) is 2.65. The Hall–Kier alpha value is -2.39. The fraction of sp³-hybridized carbons (Fsp3) is 0.333. The third-order valence-corrected chi connectivity index (χ3v) is 6.53. The number of rotatable bonds is 8. The van der Waals surface area contributed by atoms with Crippen LogP contribution in [0.3, 0.4) is 0 Å². The fourth-order valence-corrected chi connectivity index (χ4v) is 4.37. The largest absolute Gasteiger partial charge is 0.350 e. The molecule has 3 rings (SSSR count). The van der Waals surface area contributed by atoms with Gasteiger partial charge in [0.2, 0.25) is 21.8 Å².